The van der Waals surface area contributed by atoms with Crippen molar-refractivity contribution in [3.05, 3.63) is 59.5 Å². The molecule has 0 fully saturated rings. The molecule has 1 aromatic carbocycles. The van der Waals surface area contributed by atoms with Gasteiger partial charge >= 0.3 is 6.18 Å². The summed E-state index contributed by atoms with van der Waals surface area (Å²) < 4.78 is 42.8. The minimum Gasteiger partial charge on any atom is -0.467 e. The highest BCUT2D eigenvalue weighted by Gasteiger charge is 2.30. The van der Waals surface area contributed by atoms with E-state index in [-0.39, 0.29) is 25.1 Å². The molecular weight excluding hydrogens is 325 g/mol. The van der Waals surface area contributed by atoms with Crippen molar-refractivity contribution < 1.29 is 27.2 Å². The topological polar surface area (TPSA) is 71.3 Å². The van der Waals surface area contributed by atoms with Crippen LogP contribution in [0.3, 0.4) is 0 Å². The second-order valence-corrected chi connectivity index (χ2v) is 5.01. The molecule has 0 saturated heterocycles. The van der Waals surface area contributed by atoms with Crippen molar-refractivity contribution in [3.63, 3.8) is 0 Å². The van der Waals surface area contributed by atoms with E-state index in [9.17, 15) is 22.8 Å². The molecule has 0 bridgehead atoms. The summed E-state index contributed by atoms with van der Waals surface area (Å²) in [6.07, 6.45) is -3.23. The molecule has 8 heteroatoms. The van der Waals surface area contributed by atoms with Gasteiger partial charge in [-0.15, -0.1) is 0 Å². The second-order valence-electron chi connectivity index (χ2n) is 5.01. The minimum absolute atomic E-state index is 0.190. The van der Waals surface area contributed by atoms with Crippen LogP contribution in [0.4, 0.5) is 13.2 Å². The molecule has 2 N–H and O–H groups in total. The number of benzene rings is 1. The van der Waals surface area contributed by atoms with Crippen LogP contribution in [0.1, 0.15) is 16.9 Å². The Hall–Kier alpha value is -2.77. The Labute approximate surface area is 135 Å². The van der Waals surface area contributed by atoms with Crippen LogP contribution in [0.15, 0.2) is 47.1 Å². The van der Waals surface area contributed by atoms with Crippen LogP contribution in [-0.4, -0.2) is 18.4 Å². The maximum atomic E-state index is 12.6. The third-order valence-electron chi connectivity index (χ3n) is 3.10. The van der Waals surface area contributed by atoms with E-state index in [1.807, 2.05) is 0 Å². The monoisotopic (exact) mass is 340 g/mol. The summed E-state index contributed by atoms with van der Waals surface area (Å²) >= 11 is 0. The van der Waals surface area contributed by atoms with E-state index in [1.165, 1.54) is 18.4 Å². The van der Waals surface area contributed by atoms with Crippen molar-refractivity contribution in [3.8, 4) is 0 Å². The smallest absolute Gasteiger partial charge is 0.416 e. The SMILES string of the molecule is O=C(CNC(=O)Cc1cccc(C(F)(F)F)c1)NCc1ccco1. The molecular formula is C16H15F3N2O3. The van der Waals surface area contributed by atoms with Crippen LogP contribution in [0, 0.1) is 0 Å². The van der Waals surface area contributed by atoms with Crippen molar-refractivity contribution in [2.24, 2.45) is 0 Å². The summed E-state index contributed by atoms with van der Waals surface area (Å²) in [5.74, 6) is -0.398. The predicted molar refractivity (Wildman–Crippen MR) is 78.7 cm³/mol. The first-order valence-corrected chi connectivity index (χ1v) is 7.06. The molecule has 2 amide bonds. The van der Waals surface area contributed by atoms with Crippen LogP contribution in [0.2, 0.25) is 0 Å². The number of nitrogens with one attached hydrogen (secondary N) is 2. The molecule has 1 aromatic heterocycles. The van der Waals surface area contributed by atoms with Crippen LogP contribution in [-0.2, 0) is 28.7 Å². The molecule has 0 atom stereocenters. The van der Waals surface area contributed by atoms with Crippen molar-refractivity contribution in [2.75, 3.05) is 6.54 Å². The average molecular weight is 340 g/mol. The molecule has 0 unspecified atom stereocenters. The number of alkyl halides is 3. The number of rotatable bonds is 6. The highest BCUT2D eigenvalue weighted by atomic mass is 19.4. The summed E-state index contributed by atoms with van der Waals surface area (Å²) in [4.78, 5) is 23.3. The molecule has 0 aliphatic heterocycles. The Morgan fingerprint density at radius 2 is 1.83 bits per heavy atom. The maximum absolute atomic E-state index is 12.6. The lowest BCUT2D eigenvalue weighted by Gasteiger charge is -2.09. The standard InChI is InChI=1S/C16H15F3N2O3/c17-16(18,19)12-4-1-3-11(7-12)8-14(22)21-10-15(23)20-9-13-5-2-6-24-13/h1-7H,8-10H2,(H,20,23)(H,21,22). The normalized spacial score (nSPS) is 11.1. The second kappa shape index (κ2) is 7.67. The average Bonchev–Trinajstić information content (AvgIpc) is 3.04. The van der Waals surface area contributed by atoms with Crippen LogP contribution >= 0.6 is 0 Å². The van der Waals surface area contributed by atoms with E-state index in [0.717, 1.165) is 12.1 Å². The molecule has 0 radical (unpaired) electrons. The third-order valence-corrected chi connectivity index (χ3v) is 3.10. The van der Waals surface area contributed by atoms with Gasteiger partial charge < -0.3 is 15.1 Å². The molecule has 5 nitrogen and oxygen atoms in total. The van der Waals surface area contributed by atoms with Gasteiger partial charge in [-0.2, -0.15) is 13.2 Å². The molecule has 0 spiro atoms. The predicted octanol–water partition coefficient (Wildman–Crippen LogP) is 2.27. The number of halogens is 3. The highest BCUT2D eigenvalue weighted by molar-refractivity contribution is 5.85. The van der Waals surface area contributed by atoms with Gasteiger partial charge in [0.25, 0.3) is 0 Å². The maximum Gasteiger partial charge on any atom is 0.416 e. The number of carbonyl (C=O) groups excluding carboxylic acids is 2. The Balaban J connectivity index is 1.78. The number of carbonyl (C=O) groups is 2. The van der Waals surface area contributed by atoms with Gasteiger partial charge in [0.2, 0.25) is 11.8 Å². The third kappa shape index (κ3) is 5.45. The fraction of sp³-hybridized carbons (Fsp3) is 0.250. The van der Waals surface area contributed by atoms with Crippen LogP contribution < -0.4 is 10.6 Å². The summed E-state index contributed by atoms with van der Waals surface area (Å²) in [7, 11) is 0. The zero-order valence-corrected chi connectivity index (χ0v) is 12.5. The molecule has 128 valence electrons. The zero-order chi connectivity index (χ0) is 17.6. The van der Waals surface area contributed by atoms with Crippen molar-refractivity contribution >= 4 is 11.8 Å². The zero-order valence-electron chi connectivity index (χ0n) is 12.5. The summed E-state index contributed by atoms with van der Waals surface area (Å²) in [6, 6.07) is 7.87. The van der Waals surface area contributed by atoms with Crippen LogP contribution in [0.5, 0.6) is 0 Å². The lowest BCUT2D eigenvalue weighted by molar-refractivity contribution is -0.137. The van der Waals surface area contributed by atoms with Crippen molar-refractivity contribution in [2.45, 2.75) is 19.1 Å². The molecule has 2 aromatic rings. The van der Waals surface area contributed by atoms with Gasteiger partial charge in [0, 0.05) is 0 Å². The van der Waals surface area contributed by atoms with E-state index in [4.69, 9.17) is 4.42 Å². The molecule has 24 heavy (non-hydrogen) atoms. The van der Waals surface area contributed by atoms with E-state index in [0.29, 0.717) is 5.76 Å². The number of furan rings is 1. The van der Waals surface area contributed by atoms with Gasteiger partial charge in [0.15, 0.2) is 0 Å². The van der Waals surface area contributed by atoms with Gasteiger partial charge in [-0.25, -0.2) is 0 Å². The highest BCUT2D eigenvalue weighted by Crippen LogP contribution is 2.29. The Morgan fingerprint density at radius 3 is 2.50 bits per heavy atom. The fourth-order valence-electron chi connectivity index (χ4n) is 1.95. The van der Waals surface area contributed by atoms with Crippen LogP contribution in [0.25, 0.3) is 0 Å². The summed E-state index contributed by atoms with van der Waals surface area (Å²) in [5.41, 5.74) is -0.595. The lowest BCUT2D eigenvalue weighted by Crippen LogP contribution is -2.37. The number of hydrogen-bond acceptors (Lipinski definition) is 3. The van der Waals surface area contributed by atoms with Gasteiger partial charge in [-0.1, -0.05) is 18.2 Å². The first-order valence-electron chi connectivity index (χ1n) is 7.06. The number of hydrogen-bond donors (Lipinski definition) is 2. The largest absolute Gasteiger partial charge is 0.467 e. The van der Waals surface area contributed by atoms with Gasteiger partial charge in [-0.05, 0) is 23.8 Å². The fourth-order valence-corrected chi connectivity index (χ4v) is 1.95. The molecule has 0 aliphatic carbocycles. The van der Waals surface area contributed by atoms with Crippen molar-refractivity contribution in [1.82, 2.24) is 10.6 Å². The minimum atomic E-state index is -4.46. The van der Waals surface area contributed by atoms with E-state index in [2.05, 4.69) is 10.6 Å². The van der Waals surface area contributed by atoms with E-state index >= 15 is 0 Å². The van der Waals surface area contributed by atoms with Gasteiger partial charge in [0.05, 0.1) is 31.3 Å². The van der Waals surface area contributed by atoms with E-state index < -0.39 is 23.6 Å². The molecule has 0 saturated carbocycles. The van der Waals surface area contributed by atoms with E-state index in [1.54, 1.807) is 12.1 Å². The Kier molecular flexibility index (Phi) is 5.62. The molecule has 1 heterocycles. The summed E-state index contributed by atoms with van der Waals surface area (Å²) in [6.45, 7) is -0.0756. The first-order chi connectivity index (χ1) is 11.3. The quantitative estimate of drug-likeness (QED) is 0.847. The number of amides is 2. The van der Waals surface area contributed by atoms with Gasteiger partial charge in [0.1, 0.15) is 5.76 Å². The Morgan fingerprint density at radius 1 is 1.04 bits per heavy atom. The van der Waals surface area contributed by atoms with Crippen molar-refractivity contribution in [1.29, 1.82) is 0 Å². The molecule has 2 rings (SSSR count). The summed E-state index contributed by atoms with van der Waals surface area (Å²) in [5, 5.41) is 4.89. The van der Waals surface area contributed by atoms with Gasteiger partial charge in [-0.3, -0.25) is 9.59 Å². The molecule has 0 aliphatic rings. The lowest BCUT2D eigenvalue weighted by atomic mass is 10.1. The first kappa shape index (κ1) is 17.6. The Bertz CT molecular complexity index is 697.